The Morgan fingerprint density at radius 3 is 2.17 bits per heavy atom. The molecule has 1 aromatic heterocycles. The predicted octanol–water partition coefficient (Wildman–Crippen LogP) is 4.57. The SMILES string of the molecule is CN1CCN(CCCn2c3ccccc3c3ccc(C(=O)N4CCN(CCc5ccc(F)cc5)CC4)cc32)CC1. The minimum atomic E-state index is -0.194. The van der Waals surface area contributed by atoms with Gasteiger partial charge in [-0.25, -0.2) is 4.39 Å². The minimum absolute atomic E-state index is 0.120. The van der Waals surface area contributed by atoms with Gasteiger partial charge < -0.3 is 19.3 Å². The Morgan fingerprint density at radius 1 is 0.725 bits per heavy atom. The number of rotatable bonds is 8. The van der Waals surface area contributed by atoms with Crippen molar-refractivity contribution < 1.29 is 9.18 Å². The van der Waals surface area contributed by atoms with Gasteiger partial charge in [-0.2, -0.15) is 0 Å². The first kappa shape index (κ1) is 26.9. The summed E-state index contributed by atoms with van der Waals surface area (Å²) in [5, 5.41) is 2.48. The smallest absolute Gasteiger partial charge is 0.254 e. The lowest BCUT2D eigenvalue weighted by Crippen LogP contribution is -2.49. The number of likely N-dealkylation sites (N-methyl/N-ethyl adjacent to an activating group) is 1. The molecule has 0 unspecified atom stereocenters. The van der Waals surface area contributed by atoms with Crippen molar-refractivity contribution in [1.82, 2.24) is 24.2 Å². The Bertz CT molecular complexity index is 1450. The third-order valence-electron chi connectivity index (χ3n) is 8.76. The average Bonchev–Trinajstić information content (AvgIpc) is 3.30. The fourth-order valence-electron chi connectivity index (χ4n) is 6.24. The number of carbonyl (C=O) groups excluding carboxylic acids is 1. The van der Waals surface area contributed by atoms with Gasteiger partial charge in [0.1, 0.15) is 5.82 Å². The second-order valence-corrected chi connectivity index (χ2v) is 11.4. The van der Waals surface area contributed by atoms with Gasteiger partial charge in [-0.3, -0.25) is 9.69 Å². The molecule has 6 nitrogen and oxygen atoms in total. The van der Waals surface area contributed by atoms with Gasteiger partial charge in [0.05, 0.1) is 0 Å². The normalized spacial score (nSPS) is 17.7. The molecule has 1 amide bonds. The van der Waals surface area contributed by atoms with Crippen molar-refractivity contribution in [1.29, 1.82) is 0 Å². The van der Waals surface area contributed by atoms with E-state index < -0.39 is 0 Å². The quantitative estimate of drug-likeness (QED) is 0.327. The van der Waals surface area contributed by atoms with Gasteiger partial charge in [-0.05, 0) is 62.3 Å². The number of nitrogens with zero attached hydrogens (tertiary/aromatic N) is 5. The van der Waals surface area contributed by atoms with Crippen molar-refractivity contribution in [3.8, 4) is 0 Å². The zero-order valence-electron chi connectivity index (χ0n) is 23.6. The number of aryl methyl sites for hydroxylation is 1. The third kappa shape index (κ3) is 5.92. The highest BCUT2D eigenvalue weighted by Crippen LogP contribution is 2.30. The van der Waals surface area contributed by atoms with Crippen LogP contribution >= 0.6 is 0 Å². The molecule has 6 rings (SSSR count). The van der Waals surface area contributed by atoms with Crippen molar-refractivity contribution in [2.75, 3.05) is 72.5 Å². The van der Waals surface area contributed by atoms with E-state index in [2.05, 4.69) is 62.7 Å². The maximum absolute atomic E-state index is 13.6. The molecule has 0 radical (unpaired) electrons. The van der Waals surface area contributed by atoms with Gasteiger partial charge in [0, 0.05) is 92.8 Å². The largest absolute Gasteiger partial charge is 0.340 e. The second-order valence-electron chi connectivity index (χ2n) is 11.4. The molecular weight excluding hydrogens is 501 g/mol. The minimum Gasteiger partial charge on any atom is -0.340 e. The van der Waals surface area contributed by atoms with Crippen LogP contribution in [0.1, 0.15) is 22.3 Å². The summed E-state index contributed by atoms with van der Waals surface area (Å²) in [6.07, 6.45) is 1.99. The molecule has 2 aliphatic heterocycles. The third-order valence-corrected chi connectivity index (χ3v) is 8.76. The number of halogens is 1. The zero-order chi connectivity index (χ0) is 27.5. The monoisotopic (exact) mass is 541 g/mol. The lowest BCUT2D eigenvalue weighted by atomic mass is 10.1. The Hall–Kier alpha value is -3.26. The molecule has 0 saturated carbocycles. The van der Waals surface area contributed by atoms with Crippen LogP contribution in [0, 0.1) is 5.82 Å². The van der Waals surface area contributed by atoms with Gasteiger partial charge in [0.25, 0.3) is 5.91 Å². The van der Waals surface area contributed by atoms with E-state index in [1.165, 1.54) is 28.4 Å². The highest BCUT2D eigenvalue weighted by Gasteiger charge is 2.23. The molecule has 2 saturated heterocycles. The van der Waals surface area contributed by atoms with Gasteiger partial charge in [-0.15, -0.1) is 0 Å². The summed E-state index contributed by atoms with van der Waals surface area (Å²) in [4.78, 5) is 23.0. The molecule has 210 valence electrons. The lowest BCUT2D eigenvalue weighted by Gasteiger charge is -2.34. The van der Waals surface area contributed by atoms with Crippen molar-refractivity contribution in [3.63, 3.8) is 0 Å². The van der Waals surface area contributed by atoms with Gasteiger partial charge >= 0.3 is 0 Å². The summed E-state index contributed by atoms with van der Waals surface area (Å²) in [6, 6.07) is 21.6. The highest BCUT2D eigenvalue weighted by atomic mass is 19.1. The summed E-state index contributed by atoms with van der Waals surface area (Å²) in [7, 11) is 2.20. The standard InChI is InChI=1S/C33H40FN5O/c1-35-17-19-36(20-18-35)14-4-15-39-31-6-3-2-5-29(31)30-12-9-27(25-32(30)39)33(40)38-23-21-37(22-24-38)16-13-26-7-10-28(34)11-8-26/h2-3,5-12,25H,4,13-24H2,1H3. The van der Waals surface area contributed by atoms with Gasteiger partial charge in [-0.1, -0.05) is 36.4 Å². The van der Waals surface area contributed by atoms with Crippen molar-refractivity contribution in [2.24, 2.45) is 0 Å². The van der Waals surface area contributed by atoms with Crippen LogP contribution in [0.25, 0.3) is 21.8 Å². The number of aromatic nitrogens is 1. The van der Waals surface area contributed by atoms with Gasteiger partial charge in [0.15, 0.2) is 0 Å². The van der Waals surface area contributed by atoms with Crippen LogP contribution in [-0.2, 0) is 13.0 Å². The van der Waals surface area contributed by atoms with Crippen LogP contribution in [0.3, 0.4) is 0 Å². The summed E-state index contributed by atoms with van der Waals surface area (Å²) in [5.41, 5.74) is 4.32. The molecular formula is C33H40FN5O. The van der Waals surface area contributed by atoms with E-state index in [0.29, 0.717) is 0 Å². The number of hydrogen-bond donors (Lipinski definition) is 0. The fourth-order valence-corrected chi connectivity index (χ4v) is 6.24. The van der Waals surface area contributed by atoms with Crippen LogP contribution in [0.5, 0.6) is 0 Å². The van der Waals surface area contributed by atoms with E-state index in [1.807, 2.05) is 23.1 Å². The molecule has 3 heterocycles. The maximum Gasteiger partial charge on any atom is 0.254 e. The first-order valence-electron chi connectivity index (χ1n) is 14.7. The Kier molecular flexibility index (Phi) is 8.14. The number of piperazine rings is 2. The van der Waals surface area contributed by atoms with E-state index >= 15 is 0 Å². The molecule has 0 aliphatic carbocycles. The molecule has 3 aromatic carbocycles. The number of hydrogen-bond acceptors (Lipinski definition) is 4. The Labute approximate surface area is 236 Å². The van der Waals surface area contributed by atoms with Crippen LogP contribution in [0.2, 0.25) is 0 Å². The zero-order valence-corrected chi connectivity index (χ0v) is 23.6. The topological polar surface area (TPSA) is 35.0 Å². The molecule has 2 aliphatic rings. The molecule has 0 N–H and O–H groups in total. The van der Waals surface area contributed by atoms with Crippen molar-refractivity contribution in [2.45, 2.75) is 19.4 Å². The second kappa shape index (κ2) is 12.1. The number of fused-ring (bicyclic) bond motifs is 3. The molecule has 0 atom stereocenters. The number of amides is 1. The Balaban J connectivity index is 1.12. The summed E-state index contributed by atoms with van der Waals surface area (Å²) < 4.78 is 15.6. The lowest BCUT2D eigenvalue weighted by molar-refractivity contribution is 0.0638. The Morgan fingerprint density at radius 2 is 1.40 bits per heavy atom. The van der Waals surface area contributed by atoms with E-state index in [4.69, 9.17) is 0 Å². The van der Waals surface area contributed by atoms with E-state index in [-0.39, 0.29) is 11.7 Å². The van der Waals surface area contributed by atoms with E-state index in [1.54, 1.807) is 0 Å². The first-order chi connectivity index (χ1) is 19.5. The van der Waals surface area contributed by atoms with Crippen LogP contribution in [0.15, 0.2) is 66.7 Å². The summed E-state index contributed by atoms with van der Waals surface area (Å²) >= 11 is 0. The van der Waals surface area contributed by atoms with Crippen LogP contribution in [-0.4, -0.2) is 103 Å². The summed E-state index contributed by atoms with van der Waals surface area (Å²) in [5.74, 6) is -0.0746. The van der Waals surface area contributed by atoms with Crippen molar-refractivity contribution in [3.05, 3.63) is 83.7 Å². The number of carbonyl (C=O) groups is 1. The van der Waals surface area contributed by atoms with Crippen LogP contribution < -0.4 is 0 Å². The van der Waals surface area contributed by atoms with E-state index in [9.17, 15) is 9.18 Å². The van der Waals surface area contributed by atoms with Crippen molar-refractivity contribution >= 4 is 27.7 Å². The fraction of sp³-hybridized carbons (Fsp3) is 0.424. The average molecular weight is 542 g/mol. The molecule has 4 aromatic rings. The molecule has 0 spiro atoms. The van der Waals surface area contributed by atoms with Gasteiger partial charge in [0.2, 0.25) is 0 Å². The molecule has 40 heavy (non-hydrogen) atoms. The maximum atomic E-state index is 13.6. The summed E-state index contributed by atoms with van der Waals surface area (Å²) in [6.45, 7) is 10.7. The molecule has 7 heteroatoms. The molecule has 2 fully saturated rings. The predicted molar refractivity (Wildman–Crippen MR) is 160 cm³/mol. The number of para-hydroxylation sites is 1. The van der Waals surface area contributed by atoms with Crippen LogP contribution in [0.4, 0.5) is 4.39 Å². The number of benzene rings is 3. The highest BCUT2D eigenvalue weighted by molar-refractivity contribution is 6.10. The van der Waals surface area contributed by atoms with E-state index in [0.717, 1.165) is 101 Å². The first-order valence-corrected chi connectivity index (χ1v) is 14.7. The molecule has 0 bridgehead atoms.